The van der Waals surface area contributed by atoms with E-state index in [4.69, 9.17) is 16.9 Å². The van der Waals surface area contributed by atoms with E-state index >= 15 is 0 Å². The number of nitriles is 1. The number of nitrogens with one attached hydrogen (secondary N) is 1. The molecule has 1 N–H and O–H groups in total. The number of halogens is 1. The molecule has 0 fully saturated rings. The highest BCUT2D eigenvalue weighted by molar-refractivity contribution is 7.10. The van der Waals surface area contributed by atoms with E-state index in [1.165, 1.54) is 10.4 Å². The Kier molecular flexibility index (Phi) is 4.38. The molecule has 92 valence electrons. The molecule has 0 bridgehead atoms. The average molecular weight is 277 g/mol. The highest BCUT2D eigenvalue weighted by Gasteiger charge is 2.05. The van der Waals surface area contributed by atoms with Crippen LogP contribution in [-0.2, 0) is 6.54 Å². The van der Waals surface area contributed by atoms with Crippen molar-refractivity contribution in [2.45, 2.75) is 19.5 Å². The zero-order valence-electron chi connectivity index (χ0n) is 9.98. The number of nitrogens with zero attached hydrogens (tertiary/aromatic N) is 1. The van der Waals surface area contributed by atoms with Crippen molar-refractivity contribution in [3.05, 3.63) is 56.7 Å². The topological polar surface area (TPSA) is 35.8 Å². The summed E-state index contributed by atoms with van der Waals surface area (Å²) in [5, 5.41) is 14.8. The molecule has 0 amide bonds. The van der Waals surface area contributed by atoms with Crippen molar-refractivity contribution in [2.75, 3.05) is 0 Å². The molecule has 2 rings (SSSR count). The minimum absolute atomic E-state index is 0.259. The maximum absolute atomic E-state index is 8.76. The minimum Gasteiger partial charge on any atom is -0.305 e. The molecule has 0 saturated carbocycles. The number of thiophene rings is 1. The first-order valence-corrected chi connectivity index (χ1v) is 6.91. The second-order valence-electron chi connectivity index (χ2n) is 4.07. The van der Waals surface area contributed by atoms with Gasteiger partial charge in [-0.05, 0) is 30.7 Å². The smallest absolute Gasteiger partial charge is 0.100 e. The zero-order valence-corrected chi connectivity index (χ0v) is 11.6. The van der Waals surface area contributed by atoms with E-state index in [9.17, 15) is 0 Å². The molecule has 0 radical (unpaired) electrons. The molecule has 2 aromatic rings. The van der Waals surface area contributed by atoms with Crippen LogP contribution in [0.4, 0.5) is 0 Å². The fourth-order valence-corrected chi connectivity index (χ4v) is 2.54. The monoisotopic (exact) mass is 276 g/mol. The van der Waals surface area contributed by atoms with Gasteiger partial charge in [0.15, 0.2) is 0 Å². The van der Waals surface area contributed by atoms with Gasteiger partial charge in [-0.2, -0.15) is 5.26 Å². The first-order valence-electron chi connectivity index (χ1n) is 5.65. The minimum atomic E-state index is 0.259. The molecule has 0 saturated heterocycles. The van der Waals surface area contributed by atoms with Crippen LogP contribution in [-0.4, -0.2) is 0 Å². The highest BCUT2D eigenvalue weighted by atomic mass is 35.5. The number of hydrogen-bond donors (Lipinski definition) is 1. The molecule has 0 aliphatic heterocycles. The molecule has 1 aromatic carbocycles. The predicted octanol–water partition coefficient (Wildman–Crippen LogP) is 4.12. The average Bonchev–Trinajstić information content (AvgIpc) is 2.85. The molecule has 1 aromatic heterocycles. The predicted molar refractivity (Wildman–Crippen MR) is 75.7 cm³/mol. The summed E-state index contributed by atoms with van der Waals surface area (Å²) in [6.07, 6.45) is 0. The van der Waals surface area contributed by atoms with Crippen molar-refractivity contribution in [1.29, 1.82) is 5.26 Å². The van der Waals surface area contributed by atoms with Crippen molar-refractivity contribution in [1.82, 2.24) is 5.32 Å². The maximum atomic E-state index is 8.76. The molecule has 0 aliphatic rings. The Morgan fingerprint density at radius 1 is 1.39 bits per heavy atom. The van der Waals surface area contributed by atoms with E-state index in [0.717, 1.165) is 17.1 Å². The molecule has 2 nitrogen and oxygen atoms in total. The molecule has 4 heteroatoms. The SMILES string of the molecule is C[C@@H](NCc1cc(C#N)cs1)c1ccc(Cl)cc1. The van der Waals surface area contributed by atoms with Crippen LogP contribution in [0.1, 0.15) is 29.0 Å². The van der Waals surface area contributed by atoms with Gasteiger partial charge in [-0.15, -0.1) is 11.3 Å². The van der Waals surface area contributed by atoms with Crippen molar-refractivity contribution in [3.63, 3.8) is 0 Å². The Labute approximate surface area is 116 Å². The Balaban J connectivity index is 1.94. The van der Waals surface area contributed by atoms with Crippen LogP contribution in [0.5, 0.6) is 0 Å². The summed E-state index contributed by atoms with van der Waals surface area (Å²) in [6, 6.07) is 12.2. The lowest BCUT2D eigenvalue weighted by Gasteiger charge is -2.13. The van der Waals surface area contributed by atoms with Gasteiger partial charge in [0, 0.05) is 27.9 Å². The van der Waals surface area contributed by atoms with Gasteiger partial charge in [-0.3, -0.25) is 0 Å². The van der Waals surface area contributed by atoms with Gasteiger partial charge in [0.2, 0.25) is 0 Å². The Morgan fingerprint density at radius 3 is 2.72 bits per heavy atom. The lowest BCUT2D eigenvalue weighted by atomic mass is 10.1. The van der Waals surface area contributed by atoms with Crippen molar-refractivity contribution < 1.29 is 0 Å². The van der Waals surface area contributed by atoms with Crippen LogP contribution in [0.25, 0.3) is 0 Å². The molecule has 0 spiro atoms. The Morgan fingerprint density at radius 2 is 2.11 bits per heavy atom. The van der Waals surface area contributed by atoms with E-state index < -0.39 is 0 Å². The Hall–Kier alpha value is -1.34. The van der Waals surface area contributed by atoms with Gasteiger partial charge < -0.3 is 5.32 Å². The second-order valence-corrected chi connectivity index (χ2v) is 5.50. The first-order chi connectivity index (χ1) is 8.69. The summed E-state index contributed by atoms with van der Waals surface area (Å²) in [6.45, 7) is 2.89. The van der Waals surface area contributed by atoms with E-state index in [0.29, 0.717) is 0 Å². The lowest BCUT2D eigenvalue weighted by Crippen LogP contribution is -2.17. The van der Waals surface area contributed by atoms with Crippen LogP contribution in [0, 0.1) is 11.3 Å². The van der Waals surface area contributed by atoms with Crippen molar-refractivity contribution in [3.8, 4) is 6.07 Å². The standard InChI is InChI=1S/C14H13ClN2S/c1-10(12-2-4-13(15)5-3-12)17-8-14-6-11(7-16)9-18-14/h2-6,9-10,17H,8H2,1H3/t10-/m1/s1. The van der Waals surface area contributed by atoms with Gasteiger partial charge in [-0.1, -0.05) is 23.7 Å². The van der Waals surface area contributed by atoms with Crippen molar-refractivity contribution >= 4 is 22.9 Å². The van der Waals surface area contributed by atoms with Crippen LogP contribution in [0.2, 0.25) is 5.02 Å². The van der Waals surface area contributed by atoms with Gasteiger partial charge in [0.1, 0.15) is 6.07 Å². The molecular weight excluding hydrogens is 264 g/mol. The molecular formula is C14H13ClN2S. The molecule has 0 aliphatic carbocycles. The fourth-order valence-electron chi connectivity index (χ4n) is 1.65. The molecule has 1 heterocycles. The van der Waals surface area contributed by atoms with Gasteiger partial charge in [0.05, 0.1) is 5.56 Å². The summed E-state index contributed by atoms with van der Waals surface area (Å²) in [5.41, 5.74) is 1.94. The first kappa shape index (κ1) is 13.1. The van der Waals surface area contributed by atoms with Gasteiger partial charge in [-0.25, -0.2) is 0 Å². The van der Waals surface area contributed by atoms with Crippen LogP contribution in [0.3, 0.4) is 0 Å². The van der Waals surface area contributed by atoms with E-state index in [1.807, 2.05) is 35.7 Å². The number of hydrogen-bond acceptors (Lipinski definition) is 3. The zero-order chi connectivity index (χ0) is 13.0. The normalized spacial score (nSPS) is 12.1. The summed E-state index contributed by atoms with van der Waals surface area (Å²) in [4.78, 5) is 1.17. The maximum Gasteiger partial charge on any atom is 0.100 e. The molecule has 18 heavy (non-hydrogen) atoms. The van der Waals surface area contributed by atoms with E-state index in [1.54, 1.807) is 11.3 Å². The highest BCUT2D eigenvalue weighted by Crippen LogP contribution is 2.18. The summed E-state index contributed by atoms with van der Waals surface area (Å²) in [7, 11) is 0. The quantitative estimate of drug-likeness (QED) is 0.912. The fraction of sp³-hybridized carbons (Fsp3) is 0.214. The largest absolute Gasteiger partial charge is 0.305 e. The third kappa shape index (κ3) is 3.33. The van der Waals surface area contributed by atoms with E-state index in [-0.39, 0.29) is 6.04 Å². The summed E-state index contributed by atoms with van der Waals surface area (Å²) in [5.74, 6) is 0. The molecule has 0 unspecified atom stereocenters. The summed E-state index contributed by atoms with van der Waals surface area (Å²) < 4.78 is 0. The lowest BCUT2D eigenvalue weighted by molar-refractivity contribution is 0.579. The Bertz CT molecular complexity index is 554. The number of benzene rings is 1. The second kappa shape index (κ2) is 6.01. The van der Waals surface area contributed by atoms with Gasteiger partial charge >= 0.3 is 0 Å². The molecule has 1 atom stereocenters. The van der Waals surface area contributed by atoms with Gasteiger partial charge in [0.25, 0.3) is 0 Å². The van der Waals surface area contributed by atoms with E-state index in [2.05, 4.69) is 18.3 Å². The van der Waals surface area contributed by atoms with Crippen LogP contribution < -0.4 is 5.32 Å². The van der Waals surface area contributed by atoms with Crippen molar-refractivity contribution in [2.24, 2.45) is 0 Å². The van der Waals surface area contributed by atoms with Crippen LogP contribution in [0.15, 0.2) is 35.7 Å². The number of rotatable bonds is 4. The third-order valence-electron chi connectivity index (χ3n) is 2.74. The van der Waals surface area contributed by atoms with Crippen LogP contribution >= 0.6 is 22.9 Å². The summed E-state index contributed by atoms with van der Waals surface area (Å²) >= 11 is 7.47. The third-order valence-corrected chi connectivity index (χ3v) is 3.92.